The summed E-state index contributed by atoms with van der Waals surface area (Å²) in [4.78, 5) is 21.4. The van der Waals surface area contributed by atoms with E-state index in [1.807, 2.05) is 38.3 Å². The van der Waals surface area contributed by atoms with Crippen molar-refractivity contribution >= 4 is 17.4 Å². The van der Waals surface area contributed by atoms with Gasteiger partial charge in [-0.25, -0.2) is 4.79 Å². The SMILES string of the molecule is CC(C)(C)OC(=O)N1CCN(Cc2nc(-c3cccs3)no2)CC1. The molecule has 24 heavy (non-hydrogen) atoms. The molecule has 1 aliphatic heterocycles. The van der Waals surface area contributed by atoms with Crippen LogP contribution >= 0.6 is 11.3 Å². The quantitative estimate of drug-likeness (QED) is 0.848. The fourth-order valence-electron chi connectivity index (χ4n) is 2.43. The number of thiophene rings is 1. The van der Waals surface area contributed by atoms with Gasteiger partial charge in [-0.1, -0.05) is 11.2 Å². The molecule has 130 valence electrons. The van der Waals surface area contributed by atoms with Crippen LogP contribution in [0.5, 0.6) is 0 Å². The second-order valence-corrected chi connectivity index (χ2v) is 7.68. The third kappa shape index (κ3) is 4.33. The molecule has 2 aromatic heterocycles. The molecule has 3 rings (SSSR count). The summed E-state index contributed by atoms with van der Waals surface area (Å²) in [5.41, 5.74) is -0.462. The van der Waals surface area contributed by atoms with Crippen LogP contribution in [-0.4, -0.2) is 57.8 Å². The monoisotopic (exact) mass is 350 g/mol. The Kier molecular flexibility index (Phi) is 4.86. The lowest BCUT2D eigenvalue weighted by atomic mass is 10.2. The van der Waals surface area contributed by atoms with E-state index in [9.17, 15) is 4.79 Å². The third-order valence-corrected chi connectivity index (χ3v) is 4.46. The van der Waals surface area contributed by atoms with Gasteiger partial charge < -0.3 is 14.2 Å². The molecule has 1 saturated heterocycles. The second-order valence-electron chi connectivity index (χ2n) is 6.73. The van der Waals surface area contributed by atoms with Gasteiger partial charge in [0.05, 0.1) is 11.4 Å². The fraction of sp³-hybridized carbons (Fsp3) is 0.562. The van der Waals surface area contributed by atoms with Crippen LogP contribution in [-0.2, 0) is 11.3 Å². The molecule has 0 unspecified atom stereocenters. The predicted molar refractivity (Wildman–Crippen MR) is 90.7 cm³/mol. The lowest BCUT2D eigenvalue weighted by molar-refractivity contribution is 0.0132. The maximum Gasteiger partial charge on any atom is 0.410 e. The van der Waals surface area contributed by atoms with Crippen molar-refractivity contribution in [3.8, 4) is 10.7 Å². The van der Waals surface area contributed by atoms with Crippen LogP contribution in [0.4, 0.5) is 4.79 Å². The van der Waals surface area contributed by atoms with Gasteiger partial charge >= 0.3 is 6.09 Å². The average Bonchev–Trinajstić information content (AvgIpc) is 3.16. The first-order valence-corrected chi connectivity index (χ1v) is 8.85. The molecule has 0 bridgehead atoms. The highest BCUT2D eigenvalue weighted by Crippen LogP contribution is 2.21. The van der Waals surface area contributed by atoms with E-state index in [0.29, 0.717) is 31.3 Å². The summed E-state index contributed by atoms with van der Waals surface area (Å²) in [5, 5.41) is 6.01. The average molecular weight is 350 g/mol. The Balaban J connectivity index is 1.50. The van der Waals surface area contributed by atoms with E-state index in [0.717, 1.165) is 18.0 Å². The van der Waals surface area contributed by atoms with E-state index in [-0.39, 0.29) is 6.09 Å². The molecule has 0 N–H and O–H groups in total. The lowest BCUT2D eigenvalue weighted by Crippen LogP contribution is -2.49. The zero-order valence-electron chi connectivity index (χ0n) is 14.2. The Morgan fingerprint density at radius 3 is 2.71 bits per heavy atom. The number of nitrogens with zero attached hydrogens (tertiary/aromatic N) is 4. The van der Waals surface area contributed by atoms with Crippen LogP contribution in [0.3, 0.4) is 0 Å². The summed E-state index contributed by atoms with van der Waals surface area (Å²) in [6, 6.07) is 3.94. The molecule has 1 fully saturated rings. The van der Waals surface area contributed by atoms with Crippen molar-refractivity contribution in [3.63, 3.8) is 0 Å². The number of ether oxygens (including phenoxy) is 1. The van der Waals surface area contributed by atoms with E-state index in [1.165, 1.54) is 0 Å². The number of aromatic nitrogens is 2. The minimum Gasteiger partial charge on any atom is -0.444 e. The van der Waals surface area contributed by atoms with E-state index in [4.69, 9.17) is 9.26 Å². The summed E-state index contributed by atoms with van der Waals surface area (Å²) in [7, 11) is 0. The molecule has 3 heterocycles. The predicted octanol–water partition coefficient (Wildman–Crippen LogP) is 2.85. The third-order valence-electron chi connectivity index (χ3n) is 3.59. The first-order valence-electron chi connectivity index (χ1n) is 7.97. The molecule has 0 atom stereocenters. The Morgan fingerprint density at radius 2 is 2.08 bits per heavy atom. The van der Waals surface area contributed by atoms with Crippen molar-refractivity contribution in [2.45, 2.75) is 32.9 Å². The van der Waals surface area contributed by atoms with Gasteiger partial charge in [0.1, 0.15) is 5.60 Å². The van der Waals surface area contributed by atoms with Crippen LogP contribution < -0.4 is 0 Å². The summed E-state index contributed by atoms with van der Waals surface area (Å²) in [6.45, 7) is 9.03. The zero-order chi connectivity index (χ0) is 17.2. The van der Waals surface area contributed by atoms with Gasteiger partial charge in [0.25, 0.3) is 0 Å². The van der Waals surface area contributed by atoms with Crippen molar-refractivity contribution in [2.24, 2.45) is 0 Å². The van der Waals surface area contributed by atoms with Gasteiger partial charge in [-0.05, 0) is 32.2 Å². The Labute approximate surface area is 145 Å². The maximum absolute atomic E-state index is 12.1. The fourth-order valence-corrected chi connectivity index (χ4v) is 3.08. The van der Waals surface area contributed by atoms with E-state index < -0.39 is 5.60 Å². The van der Waals surface area contributed by atoms with Crippen molar-refractivity contribution in [3.05, 3.63) is 23.4 Å². The smallest absolute Gasteiger partial charge is 0.410 e. The molecule has 1 amide bonds. The summed E-state index contributed by atoms with van der Waals surface area (Å²) in [6.07, 6.45) is -0.250. The number of hydrogen-bond acceptors (Lipinski definition) is 7. The second kappa shape index (κ2) is 6.90. The molecule has 7 nitrogen and oxygen atoms in total. The highest BCUT2D eigenvalue weighted by molar-refractivity contribution is 7.13. The first-order chi connectivity index (χ1) is 11.4. The van der Waals surface area contributed by atoms with Gasteiger partial charge in [0.15, 0.2) is 0 Å². The molecule has 0 spiro atoms. The van der Waals surface area contributed by atoms with Crippen LogP contribution in [0.25, 0.3) is 10.7 Å². The number of piperazine rings is 1. The molecule has 0 aliphatic carbocycles. The Morgan fingerprint density at radius 1 is 1.33 bits per heavy atom. The van der Waals surface area contributed by atoms with Gasteiger partial charge in [-0.3, -0.25) is 4.90 Å². The minimum atomic E-state index is -0.462. The summed E-state index contributed by atoms with van der Waals surface area (Å²) in [5.74, 6) is 1.23. The maximum atomic E-state index is 12.1. The van der Waals surface area contributed by atoms with Gasteiger partial charge in [-0.15, -0.1) is 11.3 Å². The van der Waals surface area contributed by atoms with Crippen molar-refractivity contribution in [1.29, 1.82) is 0 Å². The van der Waals surface area contributed by atoms with Gasteiger partial charge in [0, 0.05) is 26.2 Å². The normalized spacial score (nSPS) is 16.4. The standard InChI is InChI=1S/C16H22N4O3S/c1-16(2,3)22-15(21)20-8-6-19(7-9-20)11-13-17-14(18-23-13)12-5-4-10-24-12/h4-5,10H,6-9,11H2,1-3H3. The van der Waals surface area contributed by atoms with Crippen LogP contribution in [0.1, 0.15) is 26.7 Å². The molecular formula is C16H22N4O3S. The van der Waals surface area contributed by atoms with Crippen LogP contribution in [0.2, 0.25) is 0 Å². The minimum absolute atomic E-state index is 0.250. The first kappa shape index (κ1) is 16.9. The number of amides is 1. The van der Waals surface area contributed by atoms with E-state index >= 15 is 0 Å². The van der Waals surface area contributed by atoms with Crippen LogP contribution in [0, 0.1) is 0 Å². The number of carbonyl (C=O) groups excluding carboxylic acids is 1. The van der Waals surface area contributed by atoms with E-state index in [1.54, 1.807) is 16.2 Å². The highest BCUT2D eigenvalue weighted by Gasteiger charge is 2.26. The van der Waals surface area contributed by atoms with E-state index in [2.05, 4.69) is 15.0 Å². The number of rotatable bonds is 3. The van der Waals surface area contributed by atoms with Crippen molar-refractivity contribution < 1.29 is 14.1 Å². The summed E-state index contributed by atoms with van der Waals surface area (Å²) >= 11 is 1.59. The number of carbonyl (C=O) groups is 1. The molecular weight excluding hydrogens is 328 g/mol. The highest BCUT2D eigenvalue weighted by atomic mass is 32.1. The van der Waals surface area contributed by atoms with Gasteiger partial charge in [0.2, 0.25) is 11.7 Å². The molecule has 0 radical (unpaired) electrons. The Bertz CT molecular complexity index is 670. The lowest BCUT2D eigenvalue weighted by Gasteiger charge is -2.34. The number of hydrogen-bond donors (Lipinski definition) is 0. The van der Waals surface area contributed by atoms with Gasteiger partial charge in [-0.2, -0.15) is 4.98 Å². The zero-order valence-corrected chi connectivity index (χ0v) is 15.0. The molecule has 1 aliphatic rings. The molecule has 8 heteroatoms. The molecule has 2 aromatic rings. The summed E-state index contributed by atoms with van der Waals surface area (Å²) < 4.78 is 10.7. The Hall–Kier alpha value is -1.93. The van der Waals surface area contributed by atoms with Crippen molar-refractivity contribution in [1.82, 2.24) is 19.9 Å². The molecule has 0 aromatic carbocycles. The largest absolute Gasteiger partial charge is 0.444 e. The van der Waals surface area contributed by atoms with Crippen molar-refractivity contribution in [2.75, 3.05) is 26.2 Å². The molecule has 0 saturated carbocycles. The topological polar surface area (TPSA) is 71.7 Å². The van der Waals surface area contributed by atoms with Crippen LogP contribution in [0.15, 0.2) is 22.0 Å².